The Bertz CT molecular complexity index is 905. The maximum Gasteiger partial charge on any atom is 0.348 e. The van der Waals surface area contributed by atoms with Gasteiger partial charge in [0.1, 0.15) is 11.5 Å². The number of esters is 1. The quantitative estimate of drug-likeness (QED) is 0.732. The molecule has 1 aliphatic rings. The van der Waals surface area contributed by atoms with Gasteiger partial charge in [-0.2, -0.15) is 0 Å². The molecular formula is C19H20O8. The molecule has 0 unspecified atom stereocenters. The number of hydrogen-bond donors (Lipinski definition) is 0. The Hall–Kier alpha value is -3.16. The van der Waals surface area contributed by atoms with Crippen molar-refractivity contribution in [3.8, 4) is 23.0 Å². The lowest BCUT2D eigenvalue weighted by molar-refractivity contribution is -0.148. The van der Waals surface area contributed by atoms with Gasteiger partial charge in [-0.15, -0.1) is 0 Å². The number of methoxy groups -OCH3 is 4. The molecule has 3 rings (SSSR count). The van der Waals surface area contributed by atoms with Crippen LogP contribution in [0.1, 0.15) is 22.8 Å². The summed E-state index contributed by atoms with van der Waals surface area (Å²) in [7, 11) is 5.71. The lowest BCUT2D eigenvalue weighted by atomic mass is 9.88. The summed E-state index contributed by atoms with van der Waals surface area (Å²) in [6, 6.07) is 4.91. The third kappa shape index (κ3) is 3.07. The average Bonchev–Trinajstić information content (AvgIpc) is 3.05. The summed E-state index contributed by atoms with van der Waals surface area (Å²) in [5.74, 6) is 0.486. The summed E-state index contributed by atoms with van der Waals surface area (Å²) in [5, 5.41) is 0. The number of rotatable bonds is 5. The Morgan fingerprint density at radius 2 is 1.63 bits per heavy atom. The predicted molar refractivity (Wildman–Crippen MR) is 94.1 cm³/mol. The third-order valence-electron chi connectivity index (χ3n) is 4.42. The fourth-order valence-corrected chi connectivity index (χ4v) is 3.25. The minimum atomic E-state index is -1.04. The van der Waals surface area contributed by atoms with E-state index in [1.807, 2.05) is 0 Å². The van der Waals surface area contributed by atoms with Crippen molar-refractivity contribution in [2.45, 2.75) is 18.9 Å². The van der Waals surface area contributed by atoms with Crippen LogP contribution in [0.5, 0.6) is 23.0 Å². The highest BCUT2D eigenvalue weighted by Crippen LogP contribution is 2.46. The van der Waals surface area contributed by atoms with E-state index in [0.717, 1.165) is 0 Å². The van der Waals surface area contributed by atoms with E-state index < -0.39 is 23.6 Å². The molecular weight excluding hydrogens is 356 g/mol. The van der Waals surface area contributed by atoms with Gasteiger partial charge in [-0.1, -0.05) is 0 Å². The van der Waals surface area contributed by atoms with Crippen LogP contribution in [0, 0.1) is 6.92 Å². The summed E-state index contributed by atoms with van der Waals surface area (Å²) >= 11 is 0. The third-order valence-corrected chi connectivity index (χ3v) is 4.42. The summed E-state index contributed by atoms with van der Waals surface area (Å²) < 4.78 is 31.9. The molecule has 2 heterocycles. The van der Waals surface area contributed by atoms with Crippen molar-refractivity contribution < 1.29 is 32.9 Å². The van der Waals surface area contributed by atoms with Crippen LogP contribution >= 0.6 is 0 Å². The zero-order chi connectivity index (χ0) is 19.7. The molecule has 8 nitrogen and oxygen atoms in total. The minimum Gasteiger partial charge on any atom is -0.493 e. The van der Waals surface area contributed by atoms with E-state index in [4.69, 9.17) is 28.1 Å². The number of hydrogen-bond acceptors (Lipinski definition) is 8. The van der Waals surface area contributed by atoms with Gasteiger partial charge in [0.25, 0.3) is 0 Å². The largest absolute Gasteiger partial charge is 0.493 e. The normalized spacial score (nSPS) is 17.7. The van der Waals surface area contributed by atoms with Crippen molar-refractivity contribution in [1.29, 1.82) is 0 Å². The molecule has 1 aliphatic heterocycles. The van der Waals surface area contributed by atoms with Crippen LogP contribution in [0.3, 0.4) is 0 Å². The van der Waals surface area contributed by atoms with Gasteiger partial charge in [0.15, 0.2) is 11.5 Å². The Morgan fingerprint density at radius 1 is 1.00 bits per heavy atom. The first kappa shape index (κ1) is 18.6. The van der Waals surface area contributed by atoms with Crippen molar-refractivity contribution in [3.63, 3.8) is 0 Å². The van der Waals surface area contributed by atoms with E-state index in [-0.39, 0.29) is 11.3 Å². The highest BCUT2D eigenvalue weighted by Gasteiger charge is 2.44. The average molecular weight is 376 g/mol. The number of carbonyl (C=O) groups excluding carboxylic acids is 1. The van der Waals surface area contributed by atoms with Crippen LogP contribution in [0.25, 0.3) is 0 Å². The number of aryl methyl sites for hydroxylation is 1. The first-order chi connectivity index (χ1) is 12.9. The van der Waals surface area contributed by atoms with Crippen LogP contribution in [0.15, 0.2) is 27.4 Å². The zero-order valence-corrected chi connectivity index (χ0v) is 15.7. The SMILES string of the molecule is COC(=O)[C@H]1Oc2cc(C)oc(=O)c2[C@H]1c1cc(OC)c(OC)c(OC)c1. The molecule has 0 saturated heterocycles. The van der Waals surface area contributed by atoms with Gasteiger partial charge < -0.3 is 28.1 Å². The molecule has 0 spiro atoms. The fraction of sp³-hybridized carbons (Fsp3) is 0.368. The Labute approximate surface area is 155 Å². The molecule has 144 valence electrons. The monoisotopic (exact) mass is 376 g/mol. The summed E-state index contributed by atoms with van der Waals surface area (Å²) in [5.41, 5.74) is 0.232. The molecule has 0 saturated carbocycles. The fourth-order valence-electron chi connectivity index (χ4n) is 3.25. The maximum absolute atomic E-state index is 12.5. The molecule has 0 amide bonds. The lowest BCUT2D eigenvalue weighted by Crippen LogP contribution is -2.31. The van der Waals surface area contributed by atoms with Crippen molar-refractivity contribution in [1.82, 2.24) is 0 Å². The van der Waals surface area contributed by atoms with E-state index in [2.05, 4.69) is 0 Å². The van der Waals surface area contributed by atoms with E-state index in [1.165, 1.54) is 28.4 Å². The van der Waals surface area contributed by atoms with Crippen LogP contribution in [0.2, 0.25) is 0 Å². The Balaban J connectivity index is 2.24. The van der Waals surface area contributed by atoms with Gasteiger partial charge in [-0.25, -0.2) is 9.59 Å². The molecule has 8 heteroatoms. The second kappa shape index (κ2) is 7.22. The molecule has 0 aliphatic carbocycles. The molecule has 1 aromatic heterocycles. The Morgan fingerprint density at radius 3 is 2.15 bits per heavy atom. The van der Waals surface area contributed by atoms with E-state index >= 15 is 0 Å². The Kier molecular flexibility index (Phi) is 4.98. The van der Waals surface area contributed by atoms with Gasteiger partial charge in [0.05, 0.1) is 39.9 Å². The standard InChI is InChI=1S/C19H20O8/c1-9-6-11-15(18(20)26-9)14(17(27-11)19(21)25-5)10-7-12(22-2)16(24-4)13(8-10)23-3/h6-8,14,17H,1-5H3/t14-,17+/m1/s1. The number of benzene rings is 1. The van der Waals surface area contributed by atoms with Crippen LogP contribution < -0.4 is 24.6 Å². The van der Waals surface area contributed by atoms with Crippen LogP contribution in [-0.2, 0) is 9.53 Å². The van der Waals surface area contributed by atoms with Gasteiger partial charge in [-0.3, -0.25) is 0 Å². The van der Waals surface area contributed by atoms with Crippen molar-refractivity contribution >= 4 is 5.97 Å². The van der Waals surface area contributed by atoms with Gasteiger partial charge in [0.2, 0.25) is 11.9 Å². The second-order valence-electron chi connectivity index (χ2n) is 5.92. The molecule has 0 radical (unpaired) electrons. The molecule has 0 fully saturated rings. The van der Waals surface area contributed by atoms with Gasteiger partial charge in [0, 0.05) is 6.07 Å². The summed E-state index contributed by atoms with van der Waals surface area (Å²) in [6.07, 6.45) is -1.04. The smallest absolute Gasteiger partial charge is 0.348 e. The van der Waals surface area contributed by atoms with Crippen LogP contribution in [-0.4, -0.2) is 40.5 Å². The van der Waals surface area contributed by atoms with Crippen molar-refractivity contribution in [3.05, 3.63) is 45.5 Å². The topological polar surface area (TPSA) is 93.4 Å². The molecule has 27 heavy (non-hydrogen) atoms. The van der Waals surface area contributed by atoms with Crippen molar-refractivity contribution in [2.75, 3.05) is 28.4 Å². The van der Waals surface area contributed by atoms with Crippen molar-refractivity contribution in [2.24, 2.45) is 0 Å². The van der Waals surface area contributed by atoms with Crippen LogP contribution in [0.4, 0.5) is 0 Å². The highest BCUT2D eigenvalue weighted by atomic mass is 16.6. The number of fused-ring (bicyclic) bond motifs is 1. The van der Waals surface area contributed by atoms with E-state index in [9.17, 15) is 9.59 Å². The maximum atomic E-state index is 12.5. The highest BCUT2D eigenvalue weighted by molar-refractivity contribution is 5.79. The van der Waals surface area contributed by atoms with Gasteiger partial charge >= 0.3 is 11.6 Å². The van der Waals surface area contributed by atoms with E-state index in [1.54, 1.807) is 25.1 Å². The molecule has 2 aromatic rings. The van der Waals surface area contributed by atoms with Gasteiger partial charge in [-0.05, 0) is 24.6 Å². The second-order valence-corrected chi connectivity index (χ2v) is 5.92. The predicted octanol–water partition coefficient (Wildman–Crippen LogP) is 2.04. The first-order valence-corrected chi connectivity index (χ1v) is 8.14. The number of carbonyl (C=O) groups is 1. The first-order valence-electron chi connectivity index (χ1n) is 8.14. The molecule has 0 N–H and O–H groups in total. The minimum absolute atomic E-state index is 0.241. The molecule has 0 bridgehead atoms. The zero-order valence-electron chi connectivity index (χ0n) is 15.7. The summed E-state index contributed by atoms with van der Waals surface area (Å²) in [6.45, 7) is 1.63. The molecule has 1 aromatic carbocycles. The number of ether oxygens (including phenoxy) is 5. The molecule has 2 atom stereocenters. The lowest BCUT2D eigenvalue weighted by Gasteiger charge is -2.20. The summed E-state index contributed by atoms with van der Waals surface area (Å²) in [4.78, 5) is 24.8. The van der Waals surface area contributed by atoms with E-state index in [0.29, 0.717) is 28.6 Å².